The number of nitrogens with zero attached hydrogens (tertiary/aromatic N) is 1. The second-order valence-corrected chi connectivity index (χ2v) is 9.64. The van der Waals surface area contributed by atoms with Crippen LogP contribution in [-0.4, -0.2) is 23.4 Å². The molecule has 178 valence electrons. The molecule has 3 aromatic carbocycles. The highest BCUT2D eigenvalue weighted by Crippen LogP contribution is 2.37. The molecule has 0 radical (unpaired) electrons. The number of hydrogen-bond acceptors (Lipinski definition) is 6. The molecule has 0 aliphatic heterocycles. The van der Waals surface area contributed by atoms with Gasteiger partial charge >= 0.3 is 0 Å². The van der Waals surface area contributed by atoms with Gasteiger partial charge in [-0.2, -0.15) is 0 Å². The van der Waals surface area contributed by atoms with E-state index in [0.717, 1.165) is 27.5 Å². The van der Waals surface area contributed by atoms with Crippen molar-refractivity contribution in [2.75, 3.05) is 17.2 Å². The number of thioether (sulfide) groups is 1. The zero-order chi connectivity index (χ0) is 24.6. The lowest BCUT2D eigenvalue weighted by Gasteiger charge is -2.16. The molecule has 0 bridgehead atoms. The van der Waals surface area contributed by atoms with Crippen LogP contribution in [0.4, 0.5) is 10.8 Å². The average molecular weight is 504 g/mol. The smallest absolute Gasteiger partial charge is 0.244 e. The third kappa shape index (κ3) is 6.71. The summed E-state index contributed by atoms with van der Waals surface area (Å²) in [7, 11) is 0. The Hall–Kier alpha value is -3.62. The molecule has 4 rings (SSSR count). The highest BCUT2D eigenvalue weighted by atomic mass is 32.2. The van der Waals surface area contributed by atoms with Gasteiger partial charge in [-0.3, -0.25) is 9.59 Å². The van der Waals surface area contributed by atoms with Gasteiger partial charge in [0.2, 0.25) is 11.8 Å². The van der Waals surface area contributed by atoms with E-state index in [1.54, 1.807) is 0 Å². The Balaban J connectivity index is 1.52. The van der Waals surface area contributed by atoms with Crippen molar-refractivity contribution in [3.8, 4) is 17.0 Å². The Bertz CT molecular complexity index is 1290. The molecule has 1 aromatic heterocycles. The zero-order valence-corrected chi connectivity index (χ0v) is 21.0. The molecule has 0 aliphatic carbocycles. The van der Waals surface area contributed by atoms with Gasteiger partial charge in [-0.05, 0) is 55.0 Å². The maximum absolute atomic E-state index is 13.4. The average Bonchev–Trinajstić information content (AvgIpc) is 3.32. The Morgan fingerprint density at radius 3 is 2.49 bits per heavy atom. The first kappa shape index (κ1) is 24.5. The number of carbonyl (C=O) groups excluding carboxylic acids is 2. The second-order valence-electron chi connectivity index (χ2n) is 7.60. The fourth-order valence-corrected chi connectivity index (χ4v) is 5.22. The largest absolute Gasteiger partial charge is 0.494 e. The topological polar surface area (TPSA) is 80.3 Å². The Morgan fingerprint density at radius 2 is 1.77 bits per heavy atom. The zero-order valence-electron chi connectivity index (χ0n) is 19.4. The molecule has 0 fully saturated rings. The van der Waals surface area contributed by atoms with Crippen LogP contribution in [0.5, 0.6) is 5.75 Å². The van der Waals surface area contributed by atoms with E-state index in [2.05, 4.69) is 15.6 Å². The summed E-state index contributed by atoms with van der Waals surface area (Å²) in [4.78, 5) is 30.3. The molecule has 0 saturated heterocycles. The molecule has 1 heterocycles. The minimum atomic E-state index is -0.499. The van der Waals surface area contributed by atoms with Crippen LogP contribution in [0.25, 0.3) is 11.3 Å². The summed E-state index contributed by atoms with van der Waals surface area (Å²) < 4.78 is 5.50. The quantitative estimate of drug-likeness (QED) is 0.250. The SMILES string of the molecule is CCOc1ccc(-c2csc(NC(=O)C(Sc3cccc(NC(C)=O)c3)c3ccccc3)n2)cc1. The van der Waals surface area contributed by atoms with Crippen LogP contribution in [0, 0.1) is 0 Å². The molecule has 1 unspecified atom stereocenters. The van der Waals surface area contributed by atoms with Gasteiger partial charge < -0.3 is 15.4 Å². The summed E-state index contributed by atoms with van der Waals surface area (Å²) in [6.45, 7) is 4.03. The minimum Gasteiger partial charge on any atom is -0.494 e. The molecule has 0 spiro atoms. The summed E-state index contributed by atoms with van der Waals surface area (Å²) in [5.74, 6) is 0.501. The molecular weight excluding hydrogens is 478 g/mol. The molecule has 4 aromatic rings. The number of aromatic nitrogens is 1. The van der Waals surface area contributed by atoms with Crippen LogP contribution in [-0.2, 0) is 9.59 Å². The fraction of sp³-hybridized carbons (Fsp3) is 0.148. The summed E-state index contributed by atoms with van der Waals surface area (Å²) >= 11 is 2.80. The van der Waals surface area contributed by atoms with Crippen LogP contribution in [0.15, 0.2) is 89.1 Å². The molecule has 2 amide bonds. The summed E-state index contributed by atoms with van der Waals surface area (Å²) in [6.07, 6.45) is 0. The van der Waals surface area contributed by atoms with Crippen LogP contribution in [0.3, 0.4) is 0 Å². The van der Waals surface area contributed by atoms with Crippen molar-refractivity contribution in [1.82, 2.24) is 4.98 Å². The van der Waals surface area contributed by atoms with Gasteiger partial charge in [-0.15, -0.1) is 23.1 Å². The summed E-state index contributed by atoms with van der Waals surface area (Å²) in [5.41, 5.74) is 3.31. The van der Waals surface area contributed by atoms with Crippen molar-refractivity contribution in [2.24, 2.45) is 0 Å². The van der Waals surface area contributed by atoms with Crippen LogP contribution in [0.1, 0.15) is 24.7 Å². The van der Waals surface area contributed by atoms with Crippen molar-refractivity contribution < 1.29 is 14.3 Å². The van der Waals surface area contributed by atoms with E-state index in [0.29, 0.717) is 17.4 Å². The van der Waals surface area contributed by atoms with Crippen molar-refractivity contribution in [2.45, 2.75) is 24.0 Å². The normalized spacial score (nSPS) is 11.5. The molecule has 35 heavy (non-hydrogen) atoms. The maximum Gasteiger partial charge on any atom is 0.244 e. The van der Waals surface area contributed by atoms with E-state index in [9.17, 15) is 9.59 Å². The highest BCUT2D eigenvalue weighted by molar-refractivity contribution is 8.00. The summed E-state index contributed by atoms with van der Waals surface area (Å²) in [5, 5.41) is 7.73. The van der Waals surface area contributed by atoms with E-state index >= 15 is 0 Å². The standard InChI is InChI=1S/C27H25N3O3S2/c1-3-33-22-14-12-19(13-15-22)24-17-34-27(29-24)30-26(32)25(20-8-5-4-6-9-20)35-23-11-7-10-21(16-23)28-18(2)31/h4-17,25H,3H2,1-2H3,(H,28,31)(H,29,30,32). The number of amides is 2. The monoisotopic (exact) mass is 503 g/mol. The summed E-state index contributed by atoms with van der Waals surface area (Å²) in [6, 6.07) is 24.8. The number of carbonyl (C=O) groups is 2. The Morgan fingerprint density at radius 1 is 1.00 bits per heavy atom. The van der Waals surface area contributed by atoms with Crippen LogP contribution < -0.4 is 15.4 Å². The number of hydrogen-bond donors (Lipinski definition) is 2. The number of nitrogens with one attached hydrogen (secondary N) is 2. The Kier molecular flexibility index (Phi) is 8.18. The van der Waals surface area contributed by atoms with Crippen LogP contribution in [0.2, 0.25) is 0 Å². The minimum absolute atomic E-state index is 0.142. The van der Waals surface area contributed by atoms with Crippen LogP contribution >= 0.6 is 23.1 Å². The number of benzene rings is 3. The number of ether oxygens (including phenoxy) is 1. The van der Waals surface area contributed by atoms with Gasteiger partial charge in [0, 0.05) is 28.5 Å². The first-order chi connectivity index (χ1) is 17.0. The first-order valence-corrected chi connectivity index (χ1v) is 12.9. The molecule has 8 heteroatoms. The number of rotatable bonds is 9. The van der Waals surface area contributed by atoms with Crippen molar-refractivity contribution in [1.29, 1.82) is 0 Å². The predicted molar refractivity (Wildman–Crippen MR) is 143 cm³/mol. The van der Waals surface area contributed by atoms with Crippen molar-refractivity contribution in [3.05, 3.63) is 89.8 Å². The maximum atomic E-state index is 13.4. The lowest BCUT2D eigenvalue weighted by atomic mass is 10.1. The van der Waals surface area contributed by atoms with E-state index in [4.69, 9.17) is 4.74 Å². The van der Waals surface area contributed by atoms with Gasteiger partial charge in [0.1, 0.15) is 11.0 Å². The second kappa shape index (κ2) is 11.7. The lowest BCUT2D eigenvalue weighted by molar-refractivity contribution is -0.116. The molecule has 1 atom stereocenters. The Labute approximate surface area is 212 Å². The van der Waals surface area contributed by atoms with Crippen molar-refractivity contribution in [3.63, 3.8) is 0 Å². The molecule has 0 saturated carbocycles. The van der Waals surface area contributed by atoms with Crippen molar-refractivity contribution >= 4 is 45.7 Å². The van der Waals surface area contributed by atoms with Gasteiger partial charge in [-0.25, -0.2) is 4.98 Å². The van der Waals surface area contributed by atoms with Gasteiger partial charge in [-0.1, -0.05) is 36.4 Å². The van der Waals surface area contributed by atoms with E-state index in [1.165, 1.54) is 30.0 Å². The number of thiazole rings is 1. The van der Waals surface area contributed by atoms with E-state index in [-0.39, 0.29) is 11.8 Å². The third-order valence-electron chi connectivity index (χ3n) is 4.94. The fourth-order valence-electron chi connectivity index (χ4n) is 3.41. The lowest BCUT2D eigenvalue weighted by Crippen LogP contribution is -2.19. The third-order valence-corrected chi connectivity index (χ3v) is 6.95. The first-order valence-electron chi connectivity index (χ1n) is 11.1. The number of anilines is 2. The molecular formula is C27H25N3O3S2. The predicted octanol–water partition coefficient (Wildman–Crippen LogP) is 6.64. The van der Waals surface area contributed by atoms with Gasteiger partial charge in [0.05, 0.1) is 12.3 Å². The molecule has 0 aliphatic rings. The molecule has 6 nitrogen and oxygen atoms in total. The van der Waals surface area contributed by atoms with E-state index in [1.807, 2.05) is 91.2 Å². The molecule has 2 N–H and O–H groups in total. The highest BCUT2D eigenvalue weighted by Gasteiger charge is 2.23. The van der Waals surface area contributed by atoms with Gasteiger partial charge in [0.15, 0.2) is 5.13 Å². The van der Waals surface area contributed by atoms with Gasteiger partial charge in [0.25, 0.3) is 0 Å². The van der Waals surface area contributed by atoms with E-state index < -0.39 is 5.25 Å².